The molecule has 0 atom stereocenters. The average molecular weight is 263 g/mol. The molecule has 2 rings (SSSR count). The summed E-state index contributed by atoms with van der Waals surface area (Å²) in [7, 11) is 0. The van der Waals surface area contributed by atoms with Crippen molar-refractivity contribution >= 4 is 11.7 Å². The van der Waals surface area contributed by atoms with E-state index in [9.17, 15) is 4.79 Å². The molecule has 1 amide bonds. The van der Waals surface area contributed by atoms with Gasteiger partial charge in [-0.1, -0.05) is 0 Å². The van der Waals surface area contributed by atoms with E-state index in [-0.39, 0.29) is 11.4 Å². The Hall–Kier alpha value is -1.62. The third-order valence-electron chi connectivity index (χ3n) is 3.26. The molecule has 5 heteroatoms. The van der Waals surface area contributed by atoms with Gasteiger partial charge in [-0.05, 0) is 32.9 Å². The Balaban J connectivity index is 2.14. The van der Waals surface area contributed by atoms with Gasteiger partial charge in [0.25, 0.3) is 5.91 Å². The zero-order valence-electron chi connectivity index (χ0n) is 11.8. The fourth-order valence-electron chi connectivity index (χ4n) is 2.20. The molecule has 0 saturated carbocycles. The Morgan fingerprint density at radius 3 is 2.89 bits per heavy atom. The number of anilines is 1. The zero-order valence-corrected chi connectivity index (χ0v) is 11.8. The maximum Gasteiger partial charge on any atom is 0.256 e. The van der Waals surface area contributed by atoms with Crippen molar-refractivity contribution in [1.82, 2.24) is 9.88 Å². The van der Waals surface area contributed by atoms with Crippen molar-refractivity contribution in [2.75, 3.05) is 31.6 Å². The average Bonchev–Trinajstić information content (AvgIpc) is 2.39. The second-order valence-corrected chi connectivity index (χ2v) is 5.28. The molecular weight excluding hydrogens is 242 g/mol. The first-order valence-electron chi connectivity index (χ1n) is 6.64. The van der Waals surface area contributed by atoms with Gasteiger partial charge in [0.05, 0.1) is 24.3 Å². The molecular formula is C14H21N3O2. The van der Waals surface area contributed by atoms with Crippen molar-refractivity contribution in [3.8, 4) is 0 Å². The van der Waals surface area contributed by atoms with Crippen LogP contribution in [-0.4, -0.2) is 47.6 Å². The van der Waals surface area contributed by atoms with Gasteiger partial charge in [-0.3, -0.25) is 4.79 Å². The normalized spacial score (nSPS) is 18.2. The van der Waals surface area contributed by atoms with Crippen LogP contribution < -0.4 is 5.32 Å². The van der Waals surface area contributed by atoms with Crippen LogP contribution in [0.1, 0.15) is 31.1 Å². The zero-order chi connectivity index (χ0) is 13.9. The standard InChI is InChI=1S/C14H21N3O2/c1-4-15-12-6-5-11(9-16-12)13(18)17-7-8-19-10-14(17,2)3/h5-6,9H,4,7-8,10H2,1-3H3,(H,15,16). The van der Waals surface area contributed by atoms with Crippen molar-refractivity contribution in [1.29, 1.82) is 0 Å². The van der Waals surface area contributed by atoms with E-state index < -0.39 is 0 Å². The van der Waals surface area contributed by atoms with E-state index in [1.165, 1.54) is 0 Å². The molecule has 0 aliphatic carbocycles. The van der Waals surface area contributed by atoms with E-state index in [1.54, 1.807) is 6.20 Å². The number of hydrogen-bond acceptors (Lipinski definition) is 4. The molecule has 104 valence electrons. The van der Waals surface area contributed by atoms with Crippen molar-refractivity contribution in [2.45, 2.75) is 26.3 Å². The monoisotopic (exact) mass is 263 g/mol. The molecule has 2 heterocycles. The summed E-state index contributed by atoms with van der Waals surface area (Å²) in [6, 6.07) is 3.66. The van der Waals surface area contributed by atoms with Crippen LogP contribution in [0.25, 0.3) is 0 Å². The van der Waals surface area contributed by atoms with E-state index in [0.717, 1.165) is 12.4 Å². The number of hydrogen-bond donors (Lipinski definition) is 1. The molecule has 0 spiro atoms. The van der Waals surface area contributed by atoms with Crippen LogP contribution in [0.3, 0.4) is 0 Å². The summed E-state index contributed by atoms with van der Waals surface area (Å²) in [4.78, 5) is 18.6. The second kappa shape index (κ2) is 5.57. The van der Waals surface area contributed by atoms with Crippen LogP contribution in [0.5, 0.6) is 0 Å². The van der Waals surface area contributed by atoms with Gasteiger partial charge in [0.1, 0.15) is 5.82 Å². The lowest BCUT2D eigenvalue weighted by Crippen LogP contribution is -2.55. The fourth-order valence-corrected chi connectivity index (χ4v) is 2.20. The Morgan fingerprint density at radius 2 is 2.32 bits per heavy atom. The van der Waals surface area contributed by atoms with Crippen molar-refractivity contribution in [3.05, 3.63) is 23.9 Å². The third kappa shape index (κ3) is 3.04. The Labute approximate surface area is 114 Å². The van der Waals surface area contributed by atoms with Crippen molar-refractivity contribution in [3.63, 3.8) is 0 Å². The van der Waals surface area contributed by atoms with Crippen molar-refractivity contribution < 1.29 is 9.53 Å². The minimum Gasteiger partial charge on any atom is -0.377 e. The van der Waals surface area contributed by atoms with Crippen LogP contribution in [0, 0.1) is 0 Å². The summed E-state index contributed by atoms with van der Waals surface area (Å²) in [5.41, 5.74) is 0.354. The topological polar surface area (TPSA) is 54.5 Å². The van der Waals surface area contributed by atoms with E-state index in [2.05, 4.69) is 10.3 Å². The largest absolute Gasteiger partial charge is 0.377 e. The molecule has 1 aliphatic heterocycles. The molecule has 1 aromatic rings. The molecule has 0 unspecified atom stereocenters. The van der Waals surface area contributed by atoms with Gasteiger partial charge >= 0.3 is 0 Å². The van der Waals surface area contributed by atoms with Gasteiger partial charge in [-0.25, -0.2) is 4.98 Å². The number of carbonyl (C=O) groups is 1. The van der Waals surface area contributed by atoms with E-state index in [1.807, 2.05) is 37.8 Å². The van der Waals surface area contributed by atoms with Crippen LogP contribution in [-0.2, 0) is 4.74 Å². The number of nitrogens with one attached hydrogen (secondary N) is 1. The Morgan fingerprint density at radius 1 is 1.53 bits per heavy atom. The van der Waals surface area contributed by atoms with Crippen LogP contribution in [0.15, 0.2) is 18.3 Å². The molecule has 1 saturated heterocycles. The first-order chi connectivity index (χ1) is 9.04. The lowest BCUT2D eigenvalue weighted by atomic mass is 10.0. The summed E-state index contributed by atoms with van der Waals surface area (Å²) < 4.78 is 5.43. The maximum atomic E-state index is 12.5. The number of amides is 1. The van der Waals surface area contributed by atoms with Crippen LogP contribution in [0.2, 0.25) is 0 Å². The number of ether oxygens (including phenoxy) is 1. The lowest BCUT2D eigenvalue weighted by molar-refractivity contribution is -0.0370. The van der Waals surface area contributed by atoms with E-state index >= 15 is 0 Å². The third-order valence-corrected chi connectivity index (χ3v) is 3.26. The molecule has 0 radical (unpaired) electrons. The second-order valence-electron chi connectivity index (χ2n) is 5.28. The van der Waals surface area contributed by atoms with E-state index in [0.29, 0.717) is 25.3 Å². The minimum atomic E-state index is -0.268. The lowest BCUT2D eigenvalue weighted by Gasteiger charge is -2.42. The summed E-state index contributed by atoms with van der Waals surface area (Å²) in [6.45, 7) is 8.66. The summed E-state index contributed by atoms with van der Waals surface area (Å²) >= 11 is 0. The molecule has 19 heavy (non-hydrogen) atoms. The van der Waals surface area contributed by atoms with Crippen LogP contribution in [0.4, 0.5) is 5.82 Å². The first-order valence-corrected chi connectivity index (χ1v) is 6.64. The van der Waals surface area contributed by atoms with Gasteiger partial charge < -0.3 is 15.0 Å². The molecule has 1 N–H and O–H groups in total. The molecule has 0 aromatic carbocycles. The smallest absolute Gasteiger partial charge is 0.256 e. The highest BCUT2D eigenvalue weighted by Gasteiger charge is 2.34. The number of pyridine rings is 1. The number of carbonyl (C=O) groups excluding carboxylic acids is 1. The number of nitrogens with zero attached hydrogens (tertiary/aromatic N) is 2. The predicted octanol–water partition coefficient (Wildman–Crippen LogP) is 1.76. The van der Waals surface area contributed by atoms with Crippen molar-refractivity contribution in [2.24, 2.45) is 0 Å². The summed E-state index contributed by atoms with van der Waals surface area (Å²) in [5.74, 6) is 0.809. The quantitative estimate of drug-likeness (QED) is 0.903. The molecule has 1 fully saturated rings. The highest BCUT2D eigenvalue weighted by atomic mass is 16.5. The Bertz CT molecular complexity index is 443. The number of morpholine rings is 1. The molecule has 1 aliphatic rings. The SMILES string of the molecule is CCNc1ccc(C(=O)N2CCOCC2(C)C)cn1. The molecule has 0 bridgehead atoms. The number of aromatic nitrogens is 1. The highest BCUT2D eigenvalue weighted by Crippen LogP contribution is 2.21. The summed E-state index contributed by atoms with van der Waals surface area (Å²) in [5, 5.41) is 3.11. The van der Waals surface area contributed by atoms with Gasteiger partial charge in [0.2, 0.25) is 0 Å². The minimum absolute atomic E-state index is 0.0175. The first kappa shape index (κ1) is 13.8. The molecule has 5 nitrogen and oxygen atoms in total. The maximum absolute atomic E-state index is 12.5. The van der Waals surface area contributed by atoms with Gasteiger partial charge in [0, 0.05) is 19.3 Å². The number of rotatable bonds is 3. The summed E-state index contributed by atoms with van der Waals surface area (Å²) in [6.07, 6.45) is 1.63. The molecule has 1 aromatic heterocycles. The fraction of sp³-hybridized carbons (Fsp3) is 0.571. The van der Waals surface area contributed by atoms with Gasteiger partial charge in [-0.2, -0.15) is 0 Å². The van der Waals surface area contributed by atoms with E-state index in [4.69, 9.17) is 4.74 Å². The predicted molar refractivity (Wildman–Crippen MR) is 74.3 cm³/mol. The van der Waals surface area contributed by atoms with Gasteiger partial charge in [-0.15, -0.1) is 0 Å². The highest BCUT2D eigenvalue weighted by molar-refractivity contribution is 5.94. The van der Waals surface area contributed by atoms with Gasteiger partial charge in [0.15, 0.2) is 0 Å². The Kier molecular flexibility index (Phi) is 4.04. The van der Waals surface area contributed by atoms with Crippen LogP contribution >= 0.6 is 0 Å².